The normalized spacial score (nSPS) is 25.6. The molecule has 1 amide bonds. The summed E-state index contributed by atoms with van der Waals surface area (Å²) in [5.41, 5.74) is 0.0883. The first-order chi connectivity index (χ1) is 7.90. The molecular weight excluding hydrogens is 212 g/mol. The number of hydrogen-bond donors (Lipinski definition) is 2. The summed E-state index contributed by atoms with van der Waals surface area (Å²) in [7, 11) is 0. The minimum atomic E-state index is 0.0883. The van der Waals surface area contributed by atoms with Crippen LogP contribution in [0.2, 0.25) is 0 Å². The van der Waals surface area contributed by atoms with Crippen LogP contribution in [0, 0.1) is 5.41 Å². The standard InChI is InChI=1S/C14H28N2O/c1-5-15-11-6-8-12(9-7-11)16-13(17)10-14(2,3)4/h11-12,15H,5-10H2,1-4H3,(H,16,17). The monoisotopic (exact) mass is 240 g/mol. The summed E-state index contributed by atoms with van der Waals surface area (Å²) in [5, 5.41) is 6.66. The van der Waals surface area contributed by atoms with E-state index in [0.717, 1.165) is 19.4 Å². The molecule has 1 aliphatic rings. The summed E-state index contributed by atoms with van der Waals surface area (Å²) >= 11 is 0. The zero-order valence-corrected chi connectivity index (χ0v) is 11.8. The van der Waals surface area contributed by atoms with Gasteiger partial charge in [-0.2, -0.15) is 0 Å². The predicted molar refractivity (Wildman–Crippen MR) is 71.9 cm³/mol. The average Bonchev–Trinajstić information content (AvgIpc) is 2.18. The lowest BCUT2D eigenvalue weighted by Crippen LogP contribution is -2.42. The molecule has 0 heterocycles. The van der Waals surface area contributed by atoms with Gasteiger partial charge in [0.1, 0.15) is 0 Å². The highest BCUT2D eigenvalue weighted by atomic mass is 16.1. The van der Waals surface area contributed by atoms with Crippen LogP contribution in [-0.2, 0) is 4.79 Å². The zero-order chi connectivity index (χ0) is 12.9. The molecule has 1 saturated carbocycles. The van der Waals surface area contributed by atoms with Crippen molar-refractivity contribution in [2.75, 3.05) is 6.54 Å². The molecule has 1 aliphatic carbocycles. The predicted octanol–water partition coefficient (Wildman–Crippen LogP) is 2.46. The number of carbonyl (C=O) groups excluding carboxylic acids is 1. The third-order valence-electron chi connectivity index (χ3n) is 3.28. The highest BCUT2D eigenvalue weighted by molar-refractivity contribution is 5.76. The highest BCUT2D eigenvalue weighted by Crippen LogP contribution is 2.21. The molecule has 0 atom stereocenters. The van der Waals surface area contributed by atoms with E-state index in [1.54, 1.807) is 0 Å². The fraction of sp³-hybridized carbons (Fsp3) is 0.929. The first-order valence-corrected chi connectivity index (χ1v) is 6.93. The van der Waals surface area contributed by atoms with Crippen LogP contribution in [-0.4, -0.2) is 24.5 Å². The van der Waals surface area contributed by atoms with Crippen molar-refractivity contribution in [3.05, 3.63) is 0 Å². The lowest BCUT2D eigenvalue weighted by Gasteiger charge is -2.30. The van der Waals surface area contributed by atoms with Crippen molar-refractivity contribution < 1.29 is 4.79 Å². The van der Waals surface area contributed by atoms with E-state index in [1.807, 2.05) is 0 Å². The molecule has 1 fully saturated rings. The van der Waals surface area contributed by atoms with E-state index in [4.69, 9.17) is 0 Å². The Kier molecular flexibility index (Phi) is 5.44. The molecule has 0 unspecified atom stereocenters. The van der Waals surface area contributed by atoms with E-state index < -0.39 is 0 Å². The summed E-state index contributed by atoms with van der Waals surface area (Å²) in [4.78, 5) is 11.8. The van der Waals surface area contributed by atoms with Crippen LogP contribution in [0.25, 0.3) is 0 Å². The van der Waals surface area contributed by atoms with Crippen molar-refractivity contribution in [2.24, 2.45) is 5.41 Å². The largest absolute Gasteiger partial charge is 0.353 e. The number of amides is 1. The van der Waals surface area contributed by atoms with Gasteiger partial charge in [0, 0.05) is 18.5 Å². The Morgan fingerprint density at radius 1 is 1.12 bits per heavy atom. The molecular formula is C14H28N2O. The first kappa shape index (κ1) is 14.5. The van der Waals surface area contributed by atoms with Gasteiger partial charge < -0.3 is 10.6 Å². The number of carbonyl (C=O) groups is 1. The van der Waals surface area contributed by atoms with E-state index >= 15 is 0 Å². The fourth-order valence-corrected chi connectivity index (χ4v) is 2.49. The maximum absolute atomic E-state index is 11.8. The molecule has 0 radical (unpaired) electrons. The molecule has 3 nitrogen and oxygen atoms in total. The molecule has 0 bridgehead atoms. The molecule has 1 rings (SSSR count). The third-order valence-corrected chi connectivity index (χ3v) is 3.28. The van der Waals surface area contributed by atoms with Crippen molar-refractivity contribution in [3.8, 4) is 0 Å². The van der Waals surface area contributed by atoms with Crippen molar-refractivity contribution in [2.45, 2.75) is 71.9 Å². The summed E-state index contributed by atoms with van der Waals surface area (Å²) in [6, 6.07) is 1.07. The summed E-state index contributed by atoms with van der Waals surface area (Å²) in [5.74, 6) is 0.212. The summed E-state index contributed by atoms with van der Waals surface area (Å²) in [6.45, 7) is 9.51. The maximum atomic E-state index is 11.8. The van der Waals surface area contributed by atoms with Crippen molar-refractivity contribution in [1.82, 2.24) is 10.6 Å². The van der Waals surface area contributed by atoms with Gasteiger partial charge in [-0.3, -0.25) is 4.79 Å². The van der Waals surface area contributed by atoms with E-state index in [-0.39, 0.29) is 11.3 Å². The van der Waals surface area contributed by atoms with Gasteiger partial charge in [0.2, 0.25) is 5.91 Å². The molecule has 0 aromatic carbocycles. The molecule has 0 aromatic heterocycles. The molecule has 100 valence electrons. The molecule has 2 N–H and O–H groups in total. The van der Waals surface area contributed by atoms with Gasteiger partial charge >= 0.3 is 0 Å². The second-order valence-corrected chi connectivity index (χ2v) is 6.41. The van der Waals surface area contributed by atoms with Crippen molar-refractivity contribution >= 4 is 5.91 Å². The minimum Gasteiger partial charge on any atom is -0.353 e. The molecule has 17 heavy (non-hydrogen) atoms. The maximum Gasteiger partial charge on any atom is 0.220 e. The summed E-state index contributed by atoms with van der Waals surface area (Å²) in [6.07, 6.45) is 5.24. The van der Waals surface area contributed by atoms with Crippen LogP contribution in [0.5, 0.6) is 0 Å². The highest BCUT2D eigenvalue weighted by Gasteiger charge is 2.23. The van der Waals surface area contributed by atoms with Crippen molar-refractivity contribution in [3.63, 3.8) is 0 Å². The van der Waals surface area contributed by atoms with Crippen LogP contribution in [0.4, 0.5) is 0 Å². The Balaban J connectivity index is 2.24. The smallest absolute Gasteiger partial charge is 0.220 e. The van der Waals surface area contributed by atoms with Gasteiger partial charge in [-0.05, 0) is 37.6 Å². The van der Waals surface area contributed by atoms with Crippen molar-refractivity contribution in [1.29, 1.82) is 0 Å². The van der Waals surface area contributed by atoms with Gasteiger partial charge in [-0.15, -0.1) is 0 Å². The molecule has 0 spiro atoms. The van der Waals surface area contributed by atoms with Gasteiger partial charge in [0.05, 0.1) is 0 Å². The average molecular weight is 240 g/mol. The molecule has 3 heteroatoms. The minimum absolute atomic E-state index is 0.0883. The van der Waals surface area contributed by atoms with Crippen LogP contribution in [0.1, 0.15) is 59.8 Å². The Bertz CT molecular complexity index is 237. The zero-order valence-electron chi connectivity index (χ0n) is 11.8. The van der Waals surface area contributed by atoms with Crippen LogP contribution < -0.4 is 10.6 Å². The van der Waals surface area contributed by atoms with Gasteiger partial charge in [0.15, 0.2) is 0 Å². The van der Waals surface area contributed by atoms with E-state index in [2.05, 4.69) is 38.3 Å². The topological polar surface area (TPSA) is 41.1 Å². The Morgan fingerprint density at radius 2 is 1.65 bits per heavy atom. The summed E-state index contributed by atoms with van der Waals surface area (Å²) < 4.78 is 0. The third kappa shape index (κ3) is 6.06. The molecule has 0 aliphatic heterocycles. The second kappa shape index (κ2) is 6.39. The molecule has 0 aromatic rings. The van der Waals surface area contributed by atoms with E-state index in [9.17, 15) is 4.79 Å². The fourth-order valence-electron chi connectivity index (χ4n) is 2.49. The number of hydrogen-bond acceptors (Lipinski definition) is 2. The van der Waals surface area contributed by atoms with Gasteiger partial charge in [0.25, 0.3) is 0 Å². The Morgan fingerprint density at radius 3 is 2.12 bits per heavy atom. The lowest BCUT2D eigenvalue weighted by atomic mass is 9.89. The first-order valence-electron chi connectivity index (χ1n) is 6.93. The second-order valence-electron chi connectivity index (χ2n) is 6.41. The Labute approximate surface area is 106 Å². The Hall–Kier alpha value is -0.570. The molecule has 0 saturated heterocycles. The lowest BCUT2D eigenvalue weighted by molar-refractivity contribution is -0.123. The van der Waals surface area contributed by atoms with Crippen LogP contribution in [0.3, 0.4) is 0 Å². The van der Waals surface area contributed by atoms with Crippen LogP contribution in [0.15, 0.2) is 0 Å². The van der Waals surface area contributed by atoms with Crippen LogP contribution >= 0.6 is 0 Å². The SMILES string of the molecule is CCNC1CCC(NC(=O)CC(C)(C)C)CC1. The van der Waals surface area contributed by atoms with Gasteiger partial charge in [-0.1, -0.05) is 27.7 Å². The van der Waals surface area contributed by atoms with E-state index in [1.165, 1.54) is 12.8 Å². The number of nitrogens with one attached hydrogen (secondary N) is 2. The quantitative estimate of drug-likeness (QED) is 0.792. The van der Waals surface area contributed by atoms with E-state index in [0.29, 0.717) is 18.5 Å². The number of rotatable bonds is 4. The van der Waals surface area contributed by atoms with Gasteiger partial charge in [-0.25, -0.2) is 0 Å².